The normalized spacial score (nSPS) is 36.3. The van der Waals surface area contributed by atoms with Crippen LogP contribution in [0, 0.1) is 11.8 Å². The number of carbonyl (C=O) groups is 2. The molecule has 1 amide bonds. The highest BCUT2D eigenvalue weighted by molar-refractivity contribution is 5.81. The second kappa shape index (κ2) is 5.69. The number of carboxylic acid groups (broad SMARTS) is 1. The molecule has 0 saturated heterocycles. The van der Waals surface area contributed by atoms with Gasteiger partial charge >= 0.3 is 5.97 Å². The Bertz CT molecular complexity index is 332. The fourth-order valence-electron chi connectivity index (χ4n) is 3.08. The summed E-state index contributed by atoms with van der Waals surface area (Å²) in [6.07, 6.45) is 5.94. The Morgan fingerprint density at radius 3 is 2.33 bits per heavy atom. The lowest BCUT2D eigenvalue weighted by atomic mass is 9.90. The van der Waals surface area contributed by atoms with Crippen LogP contribution >= 0.6 is 0 Å². The molecule has 2 rings (SSSR count). The van der Waals surface area contributed by atoms with Crippen LogP contribution in [0.25, 0.3) is 0 Å². The average molecular weight is 254 g/mol. The third kappa shape index (κ3) is 3.02. The van der Waals surface area contributed by atoms with Crippen molar-refractivity contribution in [1.82, 2.24) is 5.32 Å². The molecule has 5 nitrogen and oxygen atoms in total. The molecule has 0 aromatic heterocycles. The van der Waals surface area contributed by atoms with Crippen molar-refractivity contribution in [2.45, 2.75) is 57.0 Å². The van der Waals surface area contributed by atoms with Crippen molar-refractivity contribution in [3.05, 3.63) is 0 Å². The SMILES string of the molecule is NC1CCCCC1NC(=O)C1CCC(C(=O)O)C1. The molecule has 4 N–H and O–H groups in total. The van der Waals surface area contributed by atoms with E-state index < -0.39 is 5.97 Å². The molecule has 0 aliphatic heterocycles. The van der Waals surface area contributed by atoms with Crippen LogP contribution in [0.1, 0.15) is 44.9 Å². The maximum absolute atomic E-state index is 12.1. The first-order valence-corrected chi connectivity index (χ1v) is 6.86. The zero-order chi connectivity index (χ0) is 13.1. The fraction of sp³-hybridized carbons (Fsp3) is 0.846. The van der Waals surface area contributed by atoms with Gasteiger partial charge in [0, 0.05) is 18.0 Å². The second-order valence-corrected chi connectivity index (χ2v) is 5.61. The van der Waals surface area contributed by atoms with Crippen molar-refractivity contribution < 1.29 is 14.7 Å². The summed E-state index contributed by atoms with van der Waals surface area (Å²) in [5, 5.41) is 11.9. The lowest BCUT2D eigenvalue weighted by Crippen LogP contribution is -2.50. The zero-order valence-corrected chi connectivity index (χ0v) is 10.6. The molecule has 2 fully saturated rings. The lowest BCUT2D eigenvalue weighted by Gasteiger charge is -2.30. The van der Waals surface area contributed by atoms with Crippen LogP contribution in [0.3, 0.4) is 0 Å². The molecular weight excluding hydrogens is 232 g/mol. The average Bonchev–Trinajstić information content (AvgIpc) is 2.81. The Balaban J connectivity index is 1.83. The molecule has 0 aromatic carbocycles. The van der Waals surface area contributed by atoms with E-state index in [-0.39, 0.29) is 29.8 Å². The van der Waals surface area contributed by atoms with Crippen molar-refractivity contribution in [3.63, 3.8) is 0 Å². The summed E-state index contributed by atoms with van der Waals surface area (Å²) in [6.45, 7) is 0. The molecule has 4 atom stereocenters. The van der Waals surface area contributed by atoms with Crippen molar-refractivity contribution in [2.75, 3.05) is 0 Å². The van der Waals surface area contributed by atoms with Gasteiger partial charge in [0.1, 0.15) is 0 Å². The minimum atomic E-state index is -0.778. The van der Waals surface area contributed by atoms with Gasteiger partial charge in [0.25, 0.3) is 0 Å². The standard InChI is InChI=1S/C13H22N2O3/c14-10-3-1-2-4-11(10)15-12(16)8-5-6-9(7-8)13(17)18/h8-11H,1-7,14H2,(H,15,16)(H,17,18). The third-order valence-electron chi connectivity index (χ3n) is 4.30. The largest absolute Gasteiger partial charge is 0.481 e. The summed E-state index contributed by atoms with van der Waals surface area (Å²) in [7, 11) is 0. The van der Waals surface area contributed by atoms with Gasteiger partial charge in [0.05, 0.1) is 5.92 Å². The van der Waals surface area contributed by atoms with Gasteiger partial charge in [-0.3, -0.25) is 9.59 Å². The number of nitrogens with one attached hydrogen (secondary N) is 1. The van der Waals surface area contributed by atoms with Gasteiger partial charge in [-0.05, 0) is 32.1 Å². The summed E-state index contributed by atoms with van der Waals surface area (Å²) in [6, 6.07) is 0.134. The molecule has 2 saturated carbocycles. The van der Waals surface area contributed by atoms with E-state index in [4.69, 9.17) is 10.8 Å². The number of amides is 1. The maximum Gasteiger partial charge on any atom is 0.306 e. The molecule has 0 radical (unpaired) electrons. The van der Waals surface area contributed by atoms with Crippen molar-refractivity contribution in [1.29, 1.82) is 0 Å². The molecule has 4 unspecified atom stereocenters. The first kappa shape index (κ1) is 13.3. The molecule has 0 heterocycles. The number of rotatable bonds is 3. The third-order valence-corrected chi connectivity index (χ3v) is 4.30. The Hall–Kier alpha value is -1.10. The zero-order valence-electron chi connectivity index (χ0n) is 10.6. The van der Waals surface area contributed by atoms with E-state index >= 15 is 0 Å². The molecule has 18 heavy (non-hydrogen) atoms. The summed E-state index contributed by atoms with van der Waals surface area (Å²) >= 11 is 0. The number of aliphatic carboxylic acids is 1. The minimum absolute atomic E-state index is 0.00102. The van der Waals surface area contributed by atoms with Gasteiger partial charge in [0.15, 0.2) is 0 Å². The van der Waals surface area contributed by atoms with E-state index in [1.807, 2.05) is 0 Å². The molecule has 102 valence electrons. The van der Waals surface area contributed by atoms with Crippen LogP contribution in [-0.2, 0) is 9.59 Å². The lowest BCUT2D eigenvalue weighted by molar-refractivity contribution is -0.141. The van der Waals surface area contributed by atoms with E-state index in [2.05, 4.69) is 5.32 Å². The number of hydrogen-bond donors (Lipinski definition) is 3. The van der Waals surface area contributed by atoms with Gasteiger partial charge in [-0.1, -0.05) is 12.8 Å². The molecule has 5 heteroatoms. The van der Waals surface area contributed by atoms with Crippen LogP contribution in [-0.4, -0.2) is 29.1 Å². The number of carbonyl (C=O) groups excluding carboxylic acids is 1. The van der Waals surface area contributed by atoms with Gasteiger partial charge < -0.3 is 16.2 Å². The maximum atomic E-state index is 12.1. The summed E-state index contributed by atoms with van der Waals surface area (Å²) < 4.78 is 0. The quantitative estimate of drug-likeness (QED) is 0.697. The Kier molecular flexibility index (Phi) is 4.22. The fourth-order valence-corrected chi connectivity index (χ4v) is 3.08. The van der Waals surface area contributed by atoms with Crippen LogP contribution in [0.15, 0.2) is 0 Å². The van der Waals surface area contributed by atoms with Crippen molar-refractivity contribution in [2.24, 2.45) is 17.6 Å². The molecule has 2 aliphatic carbocycles. The topological polar surface area (TPSA) is 92.4 Å². The minimum Gasteiger partial charge on any atom is -0.481 e. The number of hydrogen-bond acceptors (Lipinski definition) is 3. The Morgan fingerprint density at radius 1 is 1.06 bits per heavy atom. The Morgan fingerprint density at radius 2 is 1.72 bits per heavy atom. The van der Waals surface area contributed by atoms with Crippen LogP contribution in [0.5, 0.6) is 0 Å². The van der Waals surface area contributed by atoms with Gasteiger partial charge in [-0.15, -0.1) is 0 Å². The van der Waals surface area contributed by atoms with Crippen molar-refractivity contribution in [3.8, 4) is 0 Å². The van der Waals surface area contributed by atoms with Gasteiger partial charge in [0.2, 0.25) is 5.91 Å². The van der Waals surface area contributed by atoms with E-state index in [0.29, 0.717) is 19.3 Å². The summed E-state index contributed by atoms with van der Waals surface area (Å²) in [5.74, 6) is -1.26. The summed E-state index contributed by atoms with van der Waals surface area (Å²) in [5.41, 5.74) is 5.99. The van der Waals surface area contributed by atoms with Crippen LogP contribution in [0.2, 0.25) is 0 Å². The van der Waals surface area contributed by atoms with E-state index in [9.17, 15) is 9.59 Å². The molecule has 0 aromatic rings. The first-order valence-electron chi connectivity index (χ1n) is 6.86. The molecular formula is C13H22N2O3. The Labute approximate surface area is 107 Å². The highest BCUT2D eigenvalue weighted by atomic mass is 16.4. The predicted octanol–water partition coefficient (Wildman–Crippen LogP) is 0.873. The predicted molar refractivity (Wildman–Crippen MR) is 66.8 cm³/mol. The molecule has 0 bridgehead atoms. The van der Waals surface area contributed by atoms with Crippen LogP contribution in [0.4, 0.5) is 0 Å². The van der Waals surface area contributed by atoms with Gasteiger partial charge in [-0.25, -0.2) is 0 Å². The molecule has 2 aliphatic rings. The van der Waals surface area contributed by atoms with Crippen molar-refractivity contribution >= 4 is 11.9 Å². The smallest absolute Gasteiger partial charge is 0.306 e. The highest BCUT2D eigenvalue weighted by Gasteiger charge is 2.35. The number of nitrogens with two attached hydrogens (primary N) is 1. The first-order chi connectivity index (χ1) is 8.58. The second-order valence-electron chi connectivity index (χ2n) is 5.61. The molecule has 0 spiro atoms. The highest BCUT2D eigenvalue weighted by Crippen LogP contribution is 2.31. The van der Waals surface area contributed by atoms with Gasteiger partial charge in [-0.2, -0.15) is 0 Å². The van der Waals surface area contributed by atoms with E-state index in [0.717, 1.165) is 25.7 Å². The van der Waals surface area contributed by atoms with Crippen LogP contribution < -0.4 is 11.1 Å². The number of carboxylic acids is 1. The summed E-state index contributed by atoms with van der Waals surface area (Å²) in [4.78, 5) is 22.9. The monoisotopic (exact) mass is 254 g/mol. The van der Waals surface area contributed by atoms with E-state index in [1.54, 1.807) is 0 Å². The van der Waals surface area contributed by atoms with E-state index in [1.165, 1.54) is 0 Å².